The molecule has 21 heavy (non-hydrogen) atoms. The number of benzene rings is 1. The van der Waals surface area contributed by atoms with Gasteiger partial charge < -0.3 is 9.94 Å². The second-order valence-corrected chi connectivity index (χ2v) is 6.13. The van der Waals surface area contributed by atoms with E-state index in [9.17, 15) is 5.11 Å². The van der Waals surface area contributed by atoms with Crippen LogP contribution in [0.2, 0.25) is 0 Å². The summed E-state index contributed by atoms with van der Waals surface area (Å²) in [7, 11) is 0. The zero-order valence-electron chi connectivity index (χ0n) is 12.8. The maximum atomic E-state index is 9.97. The maximum absolute atomic E-state index is 9.97. The SMILES string of the molecule is C=CCN(CC1CC(c2ccccc2)=NO1)CC(C)(C)O. The van der Waals surface area contributed by atoms with Crippen LogP contribution >= 0.6 is 0 Å². The fourth-order valence-electron chi connectivity index (χ4n) is 2.55. The van der Waals surface area contributed by atoms with Crippen molar-refractivity contribution in [3.05, 3.63) is 48.6 Å². The number of hydrogen-bond donors (Lipinski definition) is 1. The zero-order valence-corrected chi connectivity index (χ0v) is 12.8. The van der Waals surface area contributed by atoms with Crippen molar-refractivity contribution in [2.45, 2.75) is 32.0 Å². The Bertz CT molecular complexity index is 491. The molecule has 4 heteroatoms. The van der Waals surface area contributed by atoms with Crippen LogP contribution in [0.1, 0.15) is 25.8 Å². The van der Waals surface area contributed by atoms with Gasteiger partial charge in [0.05, 0.1) is 11.3 Å². The fourth-order valence-corrected chi connectivity index (χ4v) is 2.55. The number of rotatable bonds is 7. The van der Waals surface area contributed by atoms with E-state index in [0.29, 0.717) is 6.54 Å². The summed E-state index contributed by atoms with van der Waals surface area (Å²) in [5, 5.41) is 14.2. The largest absolute Gasteiger partial charge is 0.390 e. The molecule has 0 saturated heterocycles. The minimum Gasteiger partial charge on any atom is -0.390 e. The van der Waals surface area contributed by atoms with Gasteiger partial charge in [-0.05, 0) is 19.4 Å². The first kappa shape index (κ1) is 15.7. The van der Waals surface area contributed by atoms with Crippen molar-refractivity contribution in [2.24, 2.45) is 5.16 Å². The summed E-state index contributed by atoms with van der Waals surface area (Å²) in [6.07, 6.45) is 2.67. The number of oxime groups is 1. The van der Waals surface area contributed by atoms with E-state index in [1.807, 2.05) is 50.3 Å². The van der Waals surface area contributed by atoms with Crippen molar-refractivity contribution in [3.8, 4) is 0 Å². The van der Waals surface area contributed by atoms with Crippen molar-refractivity contribution in [3.63, 3.8) is 0 Å². The van der Waals surface area contributed by atoms with E-state index in [1.54, 1.807) is 0 Å². The summed E-state index contributed by atoms with van der Waals surface area (Å²) in [5.41, 5.74) is 1.37. The summed E-state index contributed by atoms with van der Waals surface area (Å²) >= 11 is 0. The monoisotopic (exact) mass is 288 g/mol. The molecule has 1 aromatic rings. The Morgan fingerprint density at radius 2 is 2.14 bits per heavy atom. The molecule has 4 nitrogen and oxygen atoms in total. The minimum atomic E-state index is -0.731. The summed E-state index contributed by atoms with van der Waals surface area (Å²) < 4.78 is 0. The summed E-state index contributed by atoms with van der Waals surface area (Å²) in [6, 6.07) is 10.1. The highest BCUT2D eigenvalue weighted by Gasteiger charge is 2.26. The first-order valence-corrected chi connectivity index (χ1v) is 7.31. The molecule has 1 heterocycles. The molecule has 0 aliphatic carbocycles. The van der Waals surface area contributed by atoms with Crippen molar-refractivity contribution in [1.82, 2.24) is 4.90 Å². The summed E-state index contributed by atoms with van der Waals surface area (Å²) in [4.78, 5) is 7.68. The first-order chi connectivity index (χ1) is 9.98. The summed E-state index contributed by atoms with van der Waals surface area (Å²) in [5.74, 6) is 0. The van der Waals surface area contributed by atoms with E-state index >= 15 is 0 Å². The van der Waals surface area contributed by atoms with E-state index in [-0.39, 0.29) is 6.10 Å². The van der Waals surface area contributed by atoms with Crippen LogP contribution in [0, 0.1) is 0 Å². The second kappa shape index (κ2) is 6.87. The zero-order chi connectivity index (χ0) is 15.3. The predicted molar refractivity (Wildman–Crippen MR) is 85.4 cm³/mol. The first-order valence-electron chi connectivity index (χ1n) is 7.31. The average molecular weight is 288 g/mol. The minimum absolute atomic E-state index is 0.0301. The molecule has 1 aromatic carbocycles. The number of nitrogens with zero attached hydrogens (tertiary/aromatic N) is 2. The Labute approximate surface area is 126 Å². The number of aliphatic hydroxyl groups is 1. The predicted octanol–water partition coefficient (Wildman–Crippen LogP) is 2.44. The van der Waals surface area contributed by atoms with Gasteiger partial charge in [-0.3, -0.25) is 4.90 Å². The van der Waals surface area contributed by atoms with Gasteiger partial charge in [-0.15, -0.1) is 6.58 Å². The van der Waals surface area contributed by atoms with Crippen molar-refractivity contribution in [2.75, 3.05) is 19.6 Å². The molecule has 1 unspecified atom stereocenters. The molecular formula is C17H24N2O2. The fraction of sp³-hybridized carbons (Fsp3) is 0.471. The quantitative estimate of drug-likeness (QED) is 0.784. The lowest BCUT2D eigenvalue weighted by Gasteiger charge is -2.29. The Kier molecular flexibility index (Phi) is 5.15. The van der Waals surface area contributed by atoms with Gasteiger partial charge in [-0.2, -0.15) is 0 Å². The van der Waals surface area contributed by atoms with E-state index < -0.39 is 5.60 Å². The van der Waals surface area contributed by atoms with E-state index in [4.69, 9.17) is 4.84 Å². The van der Waals surface area contributed by atoms with E-state index in [2.05, 4.69) is 16.6 Å². The van der Waals surface area contributed by atoms with Crippen molar-refractivity contribution < 1.29 is 9.94 Å². The Morgan fingerprint density at radius 3 is 2.76 bits per heavy atom. The van der Waals surface area contributed by atoms with Gasteiger partial charge in [0.15, 0.2) is 0 Å². The maximum Gasteiger partial charge on any atom is 0.145 e. The standard InChI is InChI=1S/C17H24N2O2/c1-4-10-19(13-17(2,3)20)12-15-11-16(18-21-15)14-8-6-5-7-9-14/h4-9,15,20H,1,10-13H2,2-3H3. The topological polar surface area (TPSA) is 45.1 Å². The van der Waals surface area contributed by atoms with Crippen LogP contribution < -0.4 is 0 Å². The Hall–Kier alpha value is -1.65. The van der Waals surface area contributed by atoms with Gasteiger partial charge >= 0.3 is 0 Å². The third-order valence-electron chi connectivity index (χ3n) is 3.30. The average Bonchev–Trinajstić information content (AvgIpc) is 2.87. The molecule has 0 aromatic heterocycles. The van der Waals surface area contributed by atoms with Crippen molar-refractivity contribution in [1.29, 1.82) is 0 Å². The molecule has 1 N–H and O–H groups in total. The van der Waals surface area contributed by atoms with Gasteiger partial charge in [0, 0.05) is 26.1 Å². The molecule has 0 bridgehead atoms. The lowest BCUT2D eigenvalue weighted by molar-refractivity contribution is 0.00928. The van der Waals surface area contributed by atoms with E-state index in [1.165, 1.54) is 0 Å². The highest BCUT2D eigenvalue weighted by atomic mass is 16.6. The van der Waals surface area contributed by atoms with Gasteiger partial charge in [-0.25, -0.2) is 0 Å². The number of hydrogen-bond acceptors (Lipinski definition) is 4. The molecule has 0 radical (unpaired) electrons. The molecule has 0 amide bonds. The lowest BCUT2D eigenvalue weighted by atomic mass is 10.0. The molecular weight excluding hydrogens is 264 g/mol. The molecule has 0 saturated carbocycles. The van der Waals surface area contributed by atoms with Crippen LogP contribution in [0.3, 0.4) is 0 Å². The third-order valence-corrected chi connectivity index (χ3v) is 3.30. The highest BCUT2D eigenvalue weighted by Crippen LogP contribution is 2.18. The molecule has 1 aliphatic rings. The lowest BCUT2D eigenvalue weighted by Crippen LogP contribution is -2.42. The molecule has 2 rings (SSSR count). The van der Waals surface area contributed by atoms with E-state index in [0.717, 1.165) is 30.8 Å². The van der Waals surface area contributed by atoms with Gasteiger partial charge in [0.2, 0.25) is 0 Å². The smallest absolute Gasteiger partial charge is 0.145 e. The van der Waals surface area contributed by atoms with Crippen LogP contribution in [0.5, 0.6) is 0 Å². The third kappa shape index (κ3) is 4.99. The van der Waals surface area contributed by atoms with Gasteiger partial charge in [-0.1, -0.05) is 41.6 Å². The van der Waals surface area contributed by atoms with Crippen LogP contribution in [0.25, 0.3) is 0 Å². The Balaban J connectivity index is 1.91. The normalized spacial score (nSPS) is 18.5. The van der Waals surface area contributed by atoms with Crippen molar-refractivity contribution >= 4 is 5.71 Å². The summed E-state index contributed by atoms with van der Waals surface area (Å²) in [6.45, 7) is 9.44. The van der Waals surface area contributed by atoms with Crippen LogP contribution in [0.4, 0.5) is 0 Å². The van der Waals surface area contributed by atoms with Crippen LogP contribution in [-0.2, 0) is 4.84 Å². The van der Waals surface area contributed by atoms with Gasteiger partial charge in [0.1, 0.15) is 6.10 Å². The molecule has 114 valence electrons. The Morgan fingerprint density at radius 1 is 1.43 bits per heavy atom. The van der Waals surface area contributed by atoms with Crippen LogP contribution in [0.15, 0.2) is 48.1 Å². The molecule has 1 aliphatic heterocycles. The molecule has 0 fully saturated rings. The van der Waals surface area contributed by atoms with Gasteiger partial charge in [0.25, 0.3) is 0 Å². The second-order valence-electron chi connectivity index (χ2n) is 6.13. The van der Waals surface area contributed by atoms with Crippen LogP contribution in [-0.4, -0.2) is 47.1 Å². The highest BCUT2D eigenvalue weighted by molar-refractivity contribution is 6.01. The molecule has 1 atom stereocenters. The molecule has 0 spiro atoms.